The van der Waals surface area contributed by atoms with Gasteiger partial charge in [0, 0.05) is 12.1 Å². The standard InChI is InChI=1S/C24H26N2O5/c1-30-19-10-6-7-17(15-19)13-14-23(28)31-16-22(27)26-21-12-5-4-11-20(21)24(29)25-18-8-2-3-9-18/h4-7,10-15,18H,2-3,8-9,16H2,1H3,(H,25,29)(H,26,27)/b14-13+. The van der Waals surface area contributed by atoms with Gasteiger partial charge in [-0.25, -0.2) is 4.79 Å². The van der Waals surface area contributed by atoms with E-state index in [0.29, 0.717) is 17.0 Å². The van der Waals surface area contributed by atoms with E-state index < -0.39 is 18.5 Å². The fraction of sp³-hybridized carbons (Fsp3) is 0.292. The van der Waals surface area contributed by atoms with Crippen molar-refractivity contribution in [3.8, 4) is 5.75 Å². The average Bonchev–Trinajstić information content (AvgIpc) is 3.29. The maximum Gasteiger partial charge on any atom is 0.331 e. The van der Waals surface area contributed by atoms with Gasteiger partial charge in [0.25, 0.3) is 11.8 Å². The van der Waals surface area contributed by atoms with Gasteiger partial charge in [-0.05, 0) is 48.7 Å². The SMILES string of the molecule is COc1cccc(/C=C/C(=O)OCC(=O)Nc2ccccc2C(=O)NC2CCCC2)c1. The summed E-state index contributed by atoms with van der Waals surface area (Å²) in [6.45, 7) is -0.458. The number of hydrogen-bond acceptors (Lipinski definition) is 5. The molecular formula is C24H26N2O5. The van der Waals surface area contributed by atoms with Crippen molar-refractivity contribution < 1.29 is 23.9 Å². The largest absolute Gasteiger partial charge is 0.497 e. The number of para-hydroxylation sites is 1. The number of anilines is 1. The van der Waals surface area contributed by atoms with Crippen LogP contribution in [0.25, 0.3) is 6.08 Å². The molecule has 7 nitrogen and oxygen atoms in total. The summed E-state index contributed by atoms with van der Waals surface area (Å²) in [7, 11) is 1.56. The number of nitrogens with one attached hydrogen (secondary N) is 2. The number of methoxy groups -OCH3 is 1. The zero-order chi connectivity index (χ0) is 22.1. The monoisotopic (exact) mass is 422 g/mol. The minimum absolute atomic E-state index is 0.175. The quantitative estimate of drug-likeness (QED) is 0.501. The Kier molecular flexibility index (Phi) is 7.81. The van der Waals surface area contributed by atoms with Gasteiger partial charge in [-0.1, -0.05) is 37.1 Å². The Labute approximate surface area is 181 Å². The van der Waals surface area contributed by atoms with Crippen LogP contribution < -0.4 is 15.4 Å². The third-order valence-corrected chi connectivity index (χ3v) is 4.99. The molecule has 31 heavy (non-hydrogen) atoms. The topological polar surface area (TPSA) is 93.7 Å². The van der Waals surface area contributed by atoms with Gasteiger partial charge in [0.2, 0.25) is 0 Å². The van der Waals surface area contributed by atoms with Gasteiger partial charge in [0.05, 0.1) is 18.4 Å². The lowest BCUT2D eigenvalue weighted by Gasteiger charge is -2.15. The fourth-order valence-corrected chi connectivity index (χ4v) is 3.40. The Hall–Kier alpha value is -3.61. The Morgan fingerprint density at radius 1 is 1.06 bits per heavy atom. The number of esters is 1. The molecule has 0 atom stereocenters. The lowest BCUT2D eigenvalue weighted by Crippen LogP contribution is -2.33. The second-order valence-corrected chi connectivity index (χ2v) is 7.27. The molecule has 0 aromatic heterocycles. The molecule has 2 aromatic rings. The van der Waals surface area contributed by atoms with Gasteiger partial charge in [0.15, 0.2) is 6.61 Å². The van der Waals surface area contributed by atoms with E-state index in [1.54, 1.807) is 55.7 Å². The molecular weight excluding hydrogens is 396 g/mol. The van der Waals surface area contributed by atoms with Crippen molar-refractivity contribution >= 4 is 29.5 Å². The molecule has 162 valence electrons. The van der Waals surface area contributed by atoms with Crippen molar-refractivity contribution in [3.63, 3.8) is 0 Å². The first-order valence-electron chi connectivity index (χ1n) is 10.2. The van der Waals surface area contributed by atoms with Crippen LogP contribution in [0.2, 0.25) is 0 Å². The molecule has 1 fully saturated rings. The molecule has 7 heteroatoms. The predicted octanol–water partition coefficient (Wildman–Crippen LogP) is 3.56. The minimum Gasteiger partial charge on any atom is -0.497 e. The highest BCUT2D eigenvalue weighted by atomic mass is 16.5. The zero-order valence-electron chi connectivity index (χ0n) is 17.4. The van der Waals surface area contributed by atoms with Crippen molar-refractivity contribution in [2.45, 2.75) is 31.7 Å². The van der Waals surface area contributed by atoms with Crippen LogP contribution in [-0.2, 0) is 14.3 Å². The van der Waals surface area contributed by atoms with E-state index in [-0.39, 0.29) is 11.9 Å². The first kappa shape index (κ1) is 22.1. The molecule has 3 rings (SSSR count). The Morgan fingerprint density at radius 2 is 1.84 bits per heavy atom. The highest BCUT2D eigenvalue weighted by molar-refractivity contribution is 6.04. The molecule has 0 unspecified atom stereocenters. The molecule has 1 saturated carbocycles. The molecule has 2 amide bonds. The molecule has 2 N–H and O–H groups in total. The predicted molar refractivity (Wildman–Crippen MR) is 118 cm³/mol. The number of carbonyl (C=O) groups excluding carboxylic acids is 3. The van der Waals surface area contributed by atoms with Crippen LogP contribution in [0.5, 0.6) is 5.75 Å². The summed E-state index contributed by atoms with van der Waals surface area (Å²) in [6.07, 6.45) is 6.98. The van der Waals surface area contributed by atoms with Gasteiger partial charge >= 0.3 is 5.97 Å². The van der Waals surface area contributed by atoms with Crippen LogP contribution in [0.1, 0.15) is 41.6 Å². The second kappa shape index (κ2) is 11.0. The Morgan fingerprint density at radius 3 is 2.61 bits per heavy atom. The molecule has 0 aliphatic heterocycles. The van der Waals surface area contributed by atoms with Crippen molar-refractivity contribution in [1.82, 2.24) is 5.32 Å². The fourth-order valence-electron chi connectivity index (χ4n) is 3.40. The van der Waals surface area contributed by atoms with Crippen molar-refractivity contribution in [2.24, 2.45) is 0 Å². The highest BCUT2D eigenvalue weighted by Crippen LogP contribution is 2.20. The summed E-state index contributed by atoms with van der Waals surface area (Å²) < 4.78 is 10.1. The smallest absolute Gasteiger partial charge is 0.331 e. The van der Waals surface area contributed by atoms with Crippen molar-refractivity contribution in [2.75, 3.05) is 19.0 Å². The summed E-state index contributed by atoms with van der Waals surface area (Å²) >= 11 is 0. The van der Waals surface area contributed by atoms with E-state index >= 15 is 0 Å². The van der Waals surface area contributed by atoms with Gasteiger partial charge in [-0.3, -0.25) is 9.59 Å². The maximum atomic E-state index is 12.6. The summed E-state index contributed by atoms with van der Waals surface area (Å²) in [4.78, 5) is 36.7. The van der Waals surface area contributed by atoms with Crippen LogP contribution in [0.4, 0.5) is 5.69 Å². The van der Waals surface area contributed by atoms with Gasteiger partial charge in [0.1, 0.15) is 5.75 Å². The summed E-state index contributed by atoms with van der Waals surface area (Å²) in [6, 6.07) is 14.1. The normalized spacial score (nSPS) is 13.7. The minimum atomic E-state index is -0.648. The number of rotatable bonds is 8. The average molecular weight is 422 g/mol. The summed E-state index contributed by atoms with van der Waals surface area (Å²) in [5.41, 5.74) is 1.53. The van der Waals surface area contributed by atoms with E-state index in [1.165, 1.54) is 6.08 Å². The van der Waals surface area contributed by atoms with E-state index in [1.807, 2.05) is 6.07 Å². The number of hydrogen-bond donors (Lipinski definition) is 2. The van der Waals surface area contributed by atoms with E-state index in [9.17, 15) is 14.4 Å². The van der Waals surface area contributed by atoms with Gasteiger partial charge in [-0.15, -0.1) is 0 Å². The number of ether oxygens (including phenoxy) is 2. The summed E-state index contributed by atoms with van der Waals surface area (Å²) in [5, 5.41) is 5.65. The molecule has 0 saturated heterocycles. The first-order chi connectivity index (χ1) is 15.0. The van der Waals surface area contributed by atoms with Gasteiger partial charge in [-0.2, -0.15) is 0 Å². The number of benzene rings is 2. The van der Waals surface area contributed by atoms with Crippen LogP contribution >= 0.6 is 0 Å². The highest BCUT2D eigenvalue weighted by Gasteiger charge is 2.20. The molecule has 0 bridgehead atoms. The maximum absolute atomic E-state index is 12.6. The molecule has 1 aliphatic rings. The third-order valence-electron chi connectivity index (χ3n) is 4.99. The summed E-state index contributed by atoms with van der Waals surface area (Å²) in [5.74, 6) is -0.721. The van der Waals surface area contributed by atoms with Crippen LogP contribution in [0.3, 0.4) is 0 Å². The Balaban J connectivity index is 1.51. The van der Waals surface area contributed by atoms with E-state index in [0.717, 1.165) is 31.2 Å². The number of amides is 2. The van der Waals surface area contributed by atoms with Crippen LogP contribution in [-0.4, -0.2) is 37.5 Å². The van der Waals surface area contributed by atoms with Crippen LogP contribution in [0.15, 0.2) is 54.6 Å². The lowest BCUT2D eigenvalue weighted by atomic mass is 10.1. The lowest BCUT2D eigenvalue weighted by molar-refractivity contribution is -0.142. The van der Waals surface area contributed by atoms with E-state index in [2.05, 4.69) is 10.6 Å². The number of carbonyl (C=O) groups is 3. The molecule has 0 spiro atoms. The third kappa shape index (κ3) is 6.70. The zero-order valence-corrected chi connectivity index (χ0v) is 17.4. The molecule has 0 heterocycles. The van der Waals surface area contributed by atoms with Crippen molar-refractivity contribution in [1.29, 1.82) is 0 Å². The molecule has 2 aromatic carbocycles. The van der Waals surface area contributed by atoms with Crippen molar-refractivity contribution in [3.05, 3.63) is 65.7 Å². The van der Waals surface area contributed by atoms with Crippen LogP contribution in [0, 0.1) is 0 Å². The Bertz CT molecular complexity index is 964. The first-order valence-corrected chi connectivity index (χ1v) is 10.2. The molecule has 0 radical (unpaired) electrons. The second-order valence-electron chi connectivity index (χ2n) is 7.27. The van der Waals surface area contributed by atoms with E-state index in [4.69, 9.17) is 9.47 Å². The molecule has 1 aliphatic carbocycles. The van der Waals surface area contributed by atoms with Gasteiger partial charge < -0.3 is 20.1 Å².